The van der Waals surface area contributed by atoms with E-state index in [1.807, 2.05) is 23.2 Å². The lowest BCUT2D eigenvalue weighted by molar-refractivity contribution is 0.0705. The van der Waals surface area contributed by atoms with Crippen LogP contribution in [0.25, 0.3) is 11.1 Å². The molecule has 2 aliphatic rings. The Morgan fingerprint density at radius 2 is 2.00 bits per heavy atom. The van der Waals surface area contributed by atoms with E-state index >= 15 is 0 Å². The van der Waals surface area contributed by atoms with Gasteiger partial charge in [0.1, 0.15) is 0 Å². The molecule has 7 nitrogen and oxygen atoms in total. The maximum absolute atomic E-state index is 13.1. The SMILES string of the molecule is O=C(c1ccc2c(c1)OCO2)N1CCCC(c2[nH]ncc2-c2ccncc2)C1. The summed E-state index contributed by atoms with van der Waals surface area (Å²) in [5.74, 6) is 1.56. The fourth-order valence-corrected chi connectivity index (χ4v) is 3.98. The number of hydrogen-bond acceptors (Lipinski definition) is 5. The molecule has 1 atom stereocenters. The van der Waals surface area contributed by atoms with Gasteiger partial charge in [-0.1, -0.05) is 0 Å². The number of pyridine rings is 1. The Morgan fingerprint density at radius 1 is 1.14 bits per heavy atom. The van der Waals surface area contributed by atoms with Gasteiger partial charge in [0.15, 0.2) is 11.5 Å². The molecule has 1 amide bonds. The molecule has 3 aromatic rings. The number of benzene rings is 1. The van der Waals surface area contributed by atoms with Crippen molar-refractivity contribution in [3.8, 4) is 22.6 Å². The third-order valence-electron chi connectivity index (χ3n) is 5.40. The second kappa shape index (κ2) is 6.99. The average Bonchev–Trinajstić information content (AvgIpc) is 3.43. The van der Waals surface area contributed by atoms with E-state index < -0.39 is 0 Å². The topological polar surface area (TPSA) is 80.3 Å². The van der Waals surface area contributed by atoms with Crippen LogP contribution < -0.4 is 9.47 Å². The molecule has 1 saturated heterocycles. The Kier molecular flexibility index (Phi) is 4.20. The highest BCUT2D eigenvalue weighted by atomic mass is 16.7. The quantitative estimate of drug-likeness (QED) is 0.759. The summed E-state index contributed by atoms with van der Waals surface area (Å²) < 4.78 is 10.7. The van der Waals surface area contributed by atoms with Gasteiger partial charge in [0.05, 0.1) is 6.20 Å². The Labute approximate surface area is 162 Å². The molecule has 0 radical (unpaired) electrons. The van der Waals surface area contributed by atoms with Gasteiger partial charge in [-0.2, -0.15) is 5.10 Å². The summed E-state index contributed by atoms with van der Waals surface area (Å²) in [5, 5.41) is 7.42. The van der Waals surface area contributed by atoms with Crippen LogP contribution in [0.15, 0.2) is 48.9 Å². The standard InChI is InChI=1S/C21H20N4O3/c26-21(15-3-4-18-19(10-15)28-13-27-18)25-9-1-2-16(12-25)20-17(11-23-24-20)14-5-7-22-8-6-14/h3-8,10-11,16H,1-2,9,12-13H2,(H,23,24). The van der Waals surface area contributed by atoms with Crippen LogP contribution in [-0.4, -0.2) is 45.9 Å². The largest absolute Gasteiger partial charge is 0.454 e. The van der Waals surface area contributed by atoms with E-state index in [2.05, 4.69) is 15.2 Å². The van der Waals surface area contributed by atoms with Gasteiger partial charge in [-0.25, -0.2) is 0 Å². The first-order chi connectivity index (χ1) is 13.8. The minimum absolute atomic E-state index is 0.0213. The highest BCUT2D eigenvalue weighted by Gasteiger charge is 2.29. The molecule has 4 heterocycles. The number of fused-ring (bicyclic) bond motifs is 1. The lowest BCUT2D eigenvalue weighted by Gasteiger charge is -2.33. The molecule has 1 aromatic carbocycles. The minimum atomic E-state index is 0.0213. The zero-order valence-electron chi connectivity index (χ0n) is 15.3. The van der Waals surface area contributed by atoms with E-state index in [9.17, 15) is 4.79 Å². The molecule has 5 rings (SSSR count). The van der Waals surface area contributed by atoms with E-state index in [1.165, 1.54) is 0 Å². The lowest BCUT2D eigenvalue weighted by atomic mass is 9.90. The second-order valence-electron chi connectivity index (χ2n) is 7.09. The number of carbonyl (C=O) groups excluding carboxylic acids is 1. The van der Waals surface area contributed by atoms with Crippen LogP contribution in [0.4, 0.5) is 0 Å². The van der Waals surface area contributed by atoms with Crippen LogP contribution in [-0.2, 0) is 0 Å². The molecule has 1 N–H and O–H groups in total. The molecule has 0 spiro atoms. The molecular weight excluding hydrogens is 356 g/mol. The summed E-state index contributed by atoms with van der Waals surface area (Å²) in [6.45, 7) is 1.62. The zero-order chi connectivity index (χ0) is 18.9. The van der Waals surface area contributed by atoms with Crippen LogP contribution in [0.1, 0.15) is 34.8 Å². The lowest BCUT2D eigenvalue weighted by Crippen LogP contribution is -2.39. The van der Waals surface area contributed by atoms with Gasteiger partial charge in [0.2, 0.25) is 6.79 Å². The summed E-state index contributed by atoms with van der Waals surface area (Å²) in [4.78, 5) is 19.1. The number of rotatable bonds is 3. The molecule has 1 fully saturated rings. The summed E-state index contributed by atoms with van der Waals surface area (Å²) in [5.41, 5.74) is 3.86. The normalized spacial score (nSPS) is 18.3. The van der Waals surface area contributed by atoms with Crippen LogP contribution in [0, 0.1) is 0 Å². The van der Waals surface area contributed by atoms with Crippen molar-refractivity contribution in [2.24, 2.45) is 0 Å². The number of piperidine rings is 1. The molecule has 1 unspecified atom stereocenters. The summed E-state index contributed by atoms with van der Waals surface area (Å²) in [6.07, 6.45) is 7.38. The number of ether oxygens (including phenoxy) is 2. The van der Waals surface area contributed by atoms with Crippen molar-refractivity contribution < 1.29 is 14.3 Å². The maximum Gasteiger partial charge on any atom is 0.254 e. The Morgan fingerprint density at radius 3 is 2.89 bits per heavy atom. The van der Waals surface area contributed by atoms with Gasteiger partial charge in [-0.05, 0) is 48.7 Å². The summed E-state index contributed by atoms with van der Waals surface area (Å²) >= 11 is 0. The monoisotopic (exact) mass is 376 g/mol. The fraction of sp³-hybridized carbons (Fsp3) is 0.286. The zero-order valence-corrected chi connectivity index (χ0v) is 15.3. The van der Waals surface area contributed by atoms with Crippen molar-refractivity contribution in [2.75, 3.05) is 19.9 Å². The third-order valence-corrected chi connectivity index (χ3v) is 5.40. The van der Waals surface area contributed by atoms with Gasteiger partial charge in [0, 0.05) is 48.2 Å². The molecule has 0 saturated carbocycles. The van der Waals surface area contributed by atoms with Crippen molar-refractivity contribution in [2.45, 2.75) is 18.8 Å². The molecule has 2 aromatic heterocycles. The van der Waals surface area contributed by atoms with Crippen molar-refractivity contribution in [1.29, 1.82) is 0 Å². The van der Waals surface area contributed by atoms with Crippen LogP contribution in [0.3, 0.4) is 0 Å². The summed E-state index contributed by atoms with van der Waals surface area (Å²) in [6, 6.07) is 9.33. The van der Waals surface area contributed by atoms with Crippen molar-refractivity contribution >= 4 is 5.91 Å². The molecular formula is C21H20N4O3. The van der Waals surface area contributed by atoms with Gasteiger partial charge in [-0.3, -0.25) is 14.9 Å². The number of aromatic nitrogens is 3. The number of nitrogens with zero attached hydrogens (tertiary/aromatic N) is 3. The van der Waals surface area contributed by atoms with Crippen LogP contribution >= 0.6 is 0 Å². The van der Waals surface area contributed by atoms with Gasteiger partial charge < -0.3 is 14.4 Å². The van der Waals surface area contributed by atoms with Gasteiger partial charge in [-0.15, -0.1) is 0 Å². The van der Waals surface area contributed by atoms with Crippen LogP contribution in [0.5, 0.6) is 11.5 Å². The molecule has 142 valence electrons. The van der Waals surface area contributed by atoms with E-state index in [0.29, 0.717) is 23.6 Å². The smallest absolute Gasteiger partial charge is 0.254 e. The number of amides is 1. The number of carbonyl (C=O) groups is 1. The number of aromatic amines is 1. The van der Waals surface area contributed by atoms with Crippen LogP contribution in [0.2, 0.25) is 0 Å². The molecule has 2 aliphatic heterocycles. The van der Waals surface area contributed by atoms with E-state index in [1.54, 1.807) is 30.6 Å². The Bertz CT molecular complexity index is 1000. The minimum Gasteiger partial charge on any atom is -0.454 e. The first-order valence-electron chi connectivity index (χ1n) is 9.42. The molecule has 0 bridgehead atoms. The fourth-order valence-electron chi connectivity index (χ4n) is 3.98. The van der Waals surface area contributed by atoms with Gasteiger partial charge in [0.25, 0.3) is 5.91 Å². The molecule has 7 heteroatoms. The highest BCUT2D eigenvalue weighted by molar-refractivity contribution is 5.95. The first-order valence-corrected chi connectivity index (χ1v) is 9.42. The summed E-state index contributed by atoms with van der Waals surface area (Å²) in [7, 11) is 0. The number of nitrogens with one attached hydrogen (secondary N) is 1. The molecule has 0 aliphatic carbocycles. The van der Waals surface area contributed by atoms with E-state index in [-0.39, 0.29) is 18.6 Å². The number of H-pyrrole nitrogens is 1. The van der Waals surface area contributed by atoms with Crippen molar-refractivity contribution in [3.05, 3.63) is 60.2 Å². The predicted molar refractivity (Wildman–Crippen MR) is 102 cm³/mol. The predicted octanol–water partition coefficient (Wildman–Crippen LogP) is 3.22. The number of likely N-dealkylation sites (tertiary alicyclic amines) is 1. The third kappa shape index (κ3) is 2.98. The first kappa shape index (κ1) is 16.8. The van der Waals surface area contributed by atoms with E-state index in [4.69, 9.17) is 9.47 Å². The Hall–Kier alpha value is -3.35. The van der Waals surface area contributed by atoms with Crippen molar-refractivity contribution in [3.63, 3.8) is 0 Å². The van der Waals surface area contributed by atoms with E-state index in [0.717, 1.165) is 36.2 Å². The maximum atomic E-state index is 13.1. The number of hydrogen-bond donors (Lipinski definition) is 1. The average molecular weight is 376 g/mol. The van der Waals surface area contributed by atoms with Crippen molar-refractivity contribution in [1.82, 2.24) is 20.1 Å². The highest BCUT2D eigenvalue weighted by Crippen LogP contribution is 2.35. The second-order valence-corrected chi connectivity index (χ2v) is 7.09. The van der Waals surface area contributed by atoms with Gasteiger partial charge >= 0.3 is 0 Å². The molecule has 28 heavy (non-hydrogen) atoms. The Balaban J connectivity index is 1.37.